The van der Waals surface area contributed by atoms with Crippen molar-refractivity contribution >= 4 is 0 Å². The second kappa shape index (κ2) is 4.49. The Morgan fingerprint density at radius 1 is 1.43 bits per heavy atom. The molecule has 0 bridgehead atoms. The van der Waals surface area contributed by atoms with E-state index in [-0.39, 0.29) is 5.56 Å². The summed E-state index contributed by atoms with van der Waals surface area (Å²) in [6.45, 7) is 8.31. The number of nitrogens with zero attached hydrogens (tertiary/aromatic N) is 1. The van der Waals surface area contributed by atoms with Crippen LogP contribution in [0.2, 0.25) is 0 Å². The van der Waals surface area contributed by atoms with Crippen LogP contribution in [0.5, 0.6) is 0 Å². The highest BCUT2D eigenvalue weighted by Gasteiger charge is 2.11. The predicted molar refractivity (Wildman–Crippen MR) is 58.8 cm³/mol. The van der Waals surface area contributed by atoms with Crippen LogP contribution in [-0.4, -0.2) is 9.78 Å². The maximum atomic E-state index is 11.6. The van der Waals surface area contributed by atoms with Crippen molar-refractivity contribution < 1.29 is 0 Å². The fourth-order valence-electron chi connectivity index (χ4n) is 1.73. The Kier molecular flexibility index (Phi) is 3.55. The quantitative estimate of drug-likeness (QED) is 0.789. The van der Waals surface area contributed by atoms with Crippen molar-refractivity contribution in [2.45, 2.75) is 53.0 Å². The van der Waals surface area contributed by atoms with Crippen molar-refractivity contribution in [1.82, 2.24) is 9.78 Å². The van der Waals surface area contributed by atoms with Crippen molar-refractivity contribution in [2.75, 3.05) is 0 Å². The summed E-state index contributed by atoms with van der Waals surface area (Å²) in [5.41, 5.74) is 2.14. The second-order valence-corrected chi connectivity index (χ2v) is 4.07. The Morgan fingerprint density at radius 3 is 2.50 bits per heavy atom. The van der Waals surface area contributed by atoms with Gasteiger partial charge < -0.3 is 0 Å². The molecule has 14 heavy (non-hydrogen) atoms. The number of rotatable bonds is 4. The van der Waals surface area contributed by atoms with Gasteiger partial charge in [0.25, 0.3) is 5.56 Å². The zero-order chi connectivity index (χ0) is 10.7. The van der Waals surface area contributed by atoms with Crippen LogP contribution >= 0.6 is 0 Å². The number of hydrogen-bond donors (Lipinski definition) is 1. The zero-order valence-electron chi connectivity index (χ0n) is 9.55. The highest BCUT2D eigenvalue weighted by atomic mass is 16.1. The standard InChI is InChI=1S/C11H20N2O/c1-5-6-7-10-9(4)13(8(2)3)12-11(10)14/h8H,5-7H2,1-4H3,(H,12,14). The van der Waals surface area contributed by atoms with Gasteiger partial charge in [-0.2, -0.15) is 0 Å². The average molecular weight is 196 g/mol. The molecular formula is C11H20N2O. The molecule has 1 N–H and O–H groups in total. The van der Waals surface area contributed by atoms with Gasteiger partial charge in [0.15, 0.2) is 0 Å². The van der Waals surface area contributed by atoms with Crippen LogP contribution in [0.4, 0.5) is 0 Å². The summed E-state index contributed by atoms with van der Waals surface area (Å²) < 4.78 is 1.95. The molecule has 3 nitrogen and oxygen atoms in total. The number of unbranched alkanes of at least 4 members (excludes halogenated alkanes) is 1. The minimum Gasteiger partial charge on any atom is -0.287 e. The third-order valence-electron chi connectivity index (χ3n) is 2.59. The fraction of sp³-hybridized carbons (Fsp3) is 0.727. The van der Waals surface area contributed by atoms with E-state index in [0.717, 1.165) is 30.5 Å². The van der Waals surface area contributed by atoms with Gasteiger partial charge in [0.2, 0.25) is 0 Å². The number of H-pyrrole nitrogens is 1. The first-order valence-corrected chi connectivity index (χ1v) is 5.37. The van der Waals surface area contributed by atoms with Crippen molar-refractivity contribution in [3.05, 3.63) is 21.6 Å². The topological polar surface area (TPSA) is 37.8 Å². The van der Waals surface area contributed by atoms with E-state index >= 15 is 0 Å². The Labute approximate surface area is 85.1 Å². The van der Waals surface area contributed by atoms with E-state index < -0.39 is 0 Å². The van der Waals surface area contributed by atoms with Crippen LogP contribution in [0, 0.1) is 6.92 Å². The SMILES string of the molecule is CCCCc1c(C)n(C(C)C)[nH]c1=O. The normalized spacial score (nSPS) is 11.2. The Hall–Kier alpha value is -0.990. The Bertz CT molecular complexity index is 347. The van der Waals surface area contributed by atoms with Gasteiger partial charge in [-0.15, -0.1) is 0 Å². The first-order valence-electron chi connectivity index (χ1n) is 5.37. The maximum Gasteiger partial charge on any atom is 0.267 e. The lowest BCUT2D eigenvalue weighted by Crippen LogP contribution is -2.09. The van der Waals surface area contributed by atoms with Gasteiger partial charge in [-0.1, -0.05) is 13.3 Å². The molecule has 0 spiro atoms. The van der Waals surface area contributed by atoms with Crippen LogP contribution in [0.1, 0.15) is 50.9 Å². The molecule has 1 aromatic heterocycles. The van der Waals surface area contributed by atoms with Gasteiger partial charge in [-0.25, -0.2) is 0 Å². The summed E-state index contributed by atoms with van der Waals surface area (Å²) in [7, 11) is 0. The van der Waals surface area contributed by atoms with Crippen LogP contribution < -0.4 is 5.56 Å². The summed E-state index contributed by atoms with van der Waals surface area (Å²) in [4.78, 5) is 11.6. The van der Waals surface area contributed by atoms with E-state index in [2.05, 4.69) is 25.9 Å². The summed E-state index contributed by atoms with van der Waals surface area (Å²) in [6, 6.07) is 0.332. The lowest BCUT2D eigenvalue weighted by Gasteiger charge is -2.09. The highest BCUT2D eigenvalue weighted by molar-refractivity contribution is 5.16. The molecule has 0 aliphatic heterocycles. The lowest BCUT2D eigenvalue weighted by molar-refractivity contribution is 0.515. The molecule has 0 saturated heterocycles. The van der Waals surface area contributed by atoms with Crippen molar-refractivity contribution in [3.8, 4) is 0 Å². The minimum absolute atomic E-state index is 0.0876. The maximum absolute atomic E-state index is 11.6. The molecule has 0 amide bonds. The fourth-order valence-corrected chi connectivity index (χ4v) is 1.73. The van der Waals surface area contributed by atoms with Gasteiger partial charge in [0, 0.05) is 17.3 Å². The zero-order valence-corrected chi connectivity index (χ0v) is 9.55. The molecule has 80 valence electrons. The van der Waals surface area contributed by atoms with E-state index in [1.165, 1.54) is 0 Å². The van der Waals surface area contributed by atoms with Gasteiger partial charge >= 0.3 is 0 Å². The second-order valence-electron chi connectivity index (χ2n) is 4.07. The monoisotopic (exact) mass is 196 g/mol. The van der Waals surface area contributed by atoms with Gasteiger partial charge in [0.1, 0.15) is 0 Å². The van der Waals surface area contributed by atoms with E-state index in [0.29, 0.717) is 6.04 Å². The summed E-state index contributed by atoms with van der Waals surface area (Å²) >= 11 is 0. The van der Waals surface area contributed by atoms with E-state index in [1.807, 2.05) is 11.6 Å². The Balaban J connectivity index is 2.99. The molecule has 0 aromatic carbocycles. The van der Waals surface area contributed by atoms with Crippen molar-refractivity contribution in [1.29, 1.82) is 0 Å². The molecule has 0 aliphatic carbocycles. The lowest BCUT2D eigenvalue weighted by atomic mass is 10.1. The van der Waals surface area contributed by atoms with Gasteiger partial charge in [-0.05, 0) is 33.6 Å². The predicted octanol–water partition coefficient (Wildman–Crippen LogP) is 2.41. The van der Waals surface area contributed by atoms with E-state index in [9.17, 15) is 4.79 Å². The number of hydrogen-bond acceptors (Lipinski definition) is 1. The van der Waals surface area contributed by atoms with Gasteiger partial charge in [-0.3, -0.25) is 14.6 Å². The van der Waals surface area contributed by atoms with Crippen LogP contribution in [0.15, 0.2) is 4.79 Å². The van der Waals surface area contributed by atoms with Crippen molar-refractivity contribution in [2.24, 2.45) is 0 Å². The number of nitrogens with one attached hydrogen (secondary N) is 1. The molecule has 0 atom stereocenters. The first-order chi connectivity index (χ1) is 6.57. The minimum atomic E-state index is 0.0876. The molecule has 0 saturated carbocycles. The Morgan fingerprint density at radius 2 is 2.07 bits per heavy atom. The molecule has 1 heterocycles. The highest BCUT2D eigenvalue weighted by Crippen LogP contribution is 2.11. The summed E-state index contributed by atoms with van der Waals surface area (Å²) in [6.07, 6.45) is 3.12. The number of aromatic nitrogens is 2. The molecule has 1 aromatic rings. The number of aromatic amines is 1. The summed E-state index contributed by atoms with van der Waals surface area (Å²) in [5.74, 6) is 0. The smallest absolute Gasteiger partial charge is 0.267 e. The van der Waals surface area contributed by atoms with Crippen molar-refractivity contribution in [3.63, 3.8) is 0 Å². The van der Waals surface area contributed by atoms with E-state index in [4.69, 9.17) is 0 Å². The molecule has 0 radical (unpaired) electrons. The molecule has 3 heteroatoms. The third kappa shape index (κ3) is 2.08. The molecular weight excluding hydrogens is 176 g/mol. The third-order valence-corrected chi connectivity index (χ3v) is 2.59. The molecule has 0 unspecified atom stereocenters. The van der Waals surface area contributed by atoms with Gasteiger partial charge in [0.05, 0.1) is 0 Å². The van der Waals surface area contributed by atoms with Crippen LogP contribution in [0.3, 0.4) is 0 Å². The van der Waals surface area contributed by atoms with Crippen LogP contribution in [0.25, 0.3) is 0 Å². The first kappa shape index (κ1) is 11.1. The molecule has 0 fully saturated rings. The largest absolute Gasteiger partial charge is 0.287 e. The summed E-state index contributed by atoms with van der Waals surface area (Å²) in [5, 5.41) is 2.88. The molecule has 1 rings (SSSR count). The molecule has 0 aliphatic rings. The van der Waals surface area contributed by atoms with E-state index in [1.54, 1.807) is 0 Å². The van der Waals surface area contributed by atoms with Crippen LogP contribution in [-0.2, 0) is 6.42 Å². The average Bonchev–Trinajstić information content (AvgIpc) is 2.40.